The summed E-state index contributed by atoms with van der Waals surface area (Å²) in [6.07, 6.45) is 5.58. The number of aryl methyl sites for hydroxylation is 2. The average molecular weight is 325 g/mol. The van der Waals surface area contributed by atoms with Crippen molar-refractivity contribution >= 4 is 17.8 Å². The number of aromatic nitrogens is 2. The van der Waals surface area contributed by atoms with E-state index in [0.29, 0.717) is 5.56 Å². The van der Waals surface area contributed by atoms with E-state index in [4.69, 9.17) is 4.74 Å². The fraction of sp³-hybridized carbons (Fsp3) is 0.316. The van der Waals surface area contributed by atoms with Gasteiger partial charge < -0.3 is 4.74 Å². The molecule has 0 saturated heterocycles. The maximum absolute atomic E-state index is 12.2. The molecule has 0 saturated carbocycles. The van der Waals surface area contributed by atoms with Crippen LogP contribution >= 0.6 is 0 Å². The third kappa shape index (κ3) is 3.15. The molecule has 1 aromatic heterocycles. The van der Waals surface area contributed by atoms with Crippen molar-refractivity contribution in [1.29, 1.82) is 0 Å². The molecule has 0 aliphatic rings. The number of rotatable bonds is 4. The lowest BCUT2D eigenvalue weighted by Gasteiger charge is -2.15. The Morgan fingerprint density at radius 2 is 2.04 bits per heavy atom. The molecule has 126 valence electrons. The van der Waals surface area contributed by atoms with E-state index in [1.807, 2.05) is 50.8 Å². The summed E-state index contributed by atoms with van der Waals surface area (Å²) in [5.74, 6) is -0.348. The van der Waals surface area contributed by atoms with Crippen molar-refractivity contribution in [2.24, 2.45) is 12.0 Å². The first kappa shape index (κ1) is 17.7. The molecule has 0 bridgehead atoms. The fourth-order valence-corrected chi connectivity index (χ4v) is 2.84. The minimum Gasteiger partial charge on any atom is -0.465 e. The summed E-state index contributed by atoms with van der Waals surface area (Å²) >= 11 is 0. The molecule has 1 heterocycles. The second-order valence-corrected chi connectivity index (χ2v) is 5.62. The number of benzene rings is 1. The van der Waals surface area contributed by atoms with Gasteiger partial charge in [0.15, 0.2) is 0 Å². The van der Waals surface area contributed by atoms with Gasteiger partial charge in [-0.3, -0.25) is 9.67 Å². The Morgan fingerprint density at radius 3 is 2.54 bits per heavy atom. The van der Waals surface area contributed by atoms with Gasteiger partial charge in [0.05, 0.1) is 24.6 Å². The molecule has 0 fully saturated rings. The highest BCUT2D eigenvalue weighted by atomic mass is 16.5. The molecule has 0 spiro atoms. The summed E-state index contributed by atoms with van der Waals surface area (Å²) < 4.78 is 6.79. The van der Waals surface area contributed by atoms with Gasteiger partial charge in [-0.05, 0) is 55.2 Å². The number of esters is 1. The molecular formula is C19H23N3O2. The van der Waals surface area contributed by atoms with Crippen LogP contribution in [0.1, 0.15) is 34.0 Å². The van der Waals surface area contributed by atoms with Crippen molar-refractivity contribution in [3.63, 3.8) is 0 Å². The van der Waals surface area contributed by atoms with Crippen LogP contribution in [0, 0.1) is 13.8 Å². The molecule has 2 aromatic rings. The first-order valence-electron chi connectivity index (χ1n) is 7.75. The lowest BCUT2D eigenvalue weighted by atomic mass is 9.92. The van der Waals surface area contributed by atoms with Crippen molar-refractivity contribution < 1.29 is 9.53 Å². The summed E-state index contributed by atoms with van der Waals surface area (Å²) in [6, 6.07) is 3.93. The molecule has 0 aliphatic carbocycles. The highest BCUT2D eigenvalue weighted by Gasteiger charge is 2.19. The number of carbonyl (C=O) groups is 1. The summed E-state index contributed by atoms with van der Waals surface area (Å²) in [6.45, 7) is 5.89. The molecule has 0 unspecified atom stereocenters. The van der Waals surface area contributed by atoms with Crippen LogP contribution in [0.15, 0.2) is 29.4 Å². The molecule has 0 atom stereocenters. The molecule has 0 amide bonds. The van der Waals surface area contributed by atoms with Gasteiger partial charge in [0.25, 0.3) is 0 Å². The second-order valence-electron chi connectivity index (χ2n) is 5.62. The Morgan fingerprint density at radius 1 is 1.33 bits per heavy atom. The number of nitrogens with zero attached hydrogens (tertiary/aromatic N) is 3. The third-order valence-electron chi connectivity index (χ3n) is 4.10. The van der Waals surface area contributed by atoms with Crippen LogP contribution < -0.4 is 0 Å². The van der Waals surface area contributed by atoms with E-state index >= 15 is 0 Å². The molecule has 0 aliphatic heterocycles. The monoisotopic (exact) mass is 325 g/mol. The molecule has 1 aromatic carbocycles. The van der Waals surface area contributed by atoms with E-state index in [-0.39, 0.29) is 5.97 Å². The zero-order valence-electron chi connectivity index (χ0n) is 15.0. The van der Waals surface area contributed by atoms with Crippen LogP contribution in [0.25, 0.3) is 16.8 Å². The summed E-state index contributed by atoms with van der Waals surface area (Å²) in [4.78, 5) is 16.4. The Balaban J connectivity index is 2.82. The molecule has 0 radical (unpaired) electrons. The van der Waals surface area contributed by atoms with Gasteiger partial charge in [-0.2, -0.15) is 5.10 Å². The van der Waals surface area contributed by atoms with Crippen molar-refractivity contribution in [1.82, 2.24) is 9.78 Å². The van der Waals surface area contributed by atoms with E-state index in [1.165, 1.54) is 7.11 Å². The van der Waals surface area contributed by atoms with Gasteiger partial charge in [0.2, 0.25) is 0 Å². The number of methoxy groups -OCH3 is 1. The molecule has 5 heteroatoms. The predicted molar refractivity (Wildman–Crippen MR) is 97.5 cm³/mol. The summed E-state index contributed by atoms with van der Waals surface area (Å²) in [5.41, 5.74) is 6.31. The van der Waals surface area contributed by atoms with Crippen LogP contribution in [0.3, 0.4) is 0 Å². The summed E-state index contributed by atoms with van der Waals surface area (Å²) in [7, 11) is 5.02. The highest BCUT2D eigenvalue weighted by molar-refractivity contribution is 6.11. The van der Waals surface area contributed by atoms with Gasteiger partial charge in [-0.1, -0.05) is 6.08 Å². The number of hydrogen-bond acceptors (Lipinski definition) is 4. The van der Waals surface area contributed by atoms with Crippen LogP contribution in [0.4, 0.5) is 0 Å². The first-order valence-corrected chi connectivity index (χ1v) is 7.75. The van der Waals surface area contributed by atoms with Gasteiger partial charge in [-0.25, -0.2) is 4.79 Å². The maximum Gasteiger partial charge on any atom is 0.338 e. The lowest BCUT2D eigenvalue weighted by molar-refractivity contribution is 0.0600. The summed E-state index contributed by atoms with van der Waals surface area (Å²) in [5, 5.41) is 4.32. The normalized spacial score (nSPS) is 12.0. The Hall–Kier alpha value is -2.69. The van der Waals surface area contributed by atoms with Crippen molar-refractivity contribution in [3.8, 4) is 11.3 Å². The Bertz CT molecular complexity index is 810. The zero-order valence-corrected chi connectivity index (χ0v) is 15.0. The number of allylic oxidation sites excluding steroid dienone is 2. The topological polar surface area (TPSA) is 56.5 Å². The minimum absolute atomic E-state index is 0.348. The molecule has 5 nitrogen and oxygen atoms in total. The number of aliphatic imine (C=N–C) groups is 1. The number of carbonyl (C=O) groups excluding carboxylic acids is 1. The molecular weight excluding hydrogens is 302 g/mol. The van der Waals surface area contributed by atoms with E-state index in [1.54, 1.807) is 13.3 Å². The number of ether oxygens (including phenoxy) is 1. The molecule has 2 rings (SSSR count). The van der Waals surface area contributed by atoms with Gasteiger partial charge in [-0.15, -0.1) is 0 Å². The zero-order chi connectivity index (χ0) is 17.9. The van der Waals surface area contributed by atoms with Crippen LogP contribution in [0.2, 0.25) is 0 Å². The van der Waals surface area contributed by atoms with E-state index in [2.05, 4.69) is 16.2 Å². The average Bonchev–Trinajstić information content (AvgIpc) is 2.91. The number of hydrogen-bond donors (Lipinski definition) is 0. The van der Waals surface area contributed by atoms with Crippen molar-refractivity contribution in [3.05, 3.63) is 46.7 Å². The van der Waals surface area contributed by atoms with Crippen LogP contribution in [-0.4, -0.2) is 36.1 Å². The molecule has 0 N–H and O–H groups in total. The third-order valence-corrected chi connectivity index (χ3v) is 4.10. The minimum atomic E-state index is -0.348. The van der Waals surface area contributed by atoms with E-state index < -0.39 is 0 Å². The molecule has 24 heavy (non-hydrogen) atoms. The van der Waals surface area contributed by atoms with Crippen molar-refractivity contribution in [2.45, 2.75) is 20.8 Å². The first-order chi connectivity index (χ1) is 11.4. The second kappa shape index (κ2) is 7.25. The maximum atomic E-state index is 12.2. The van der Waals surface area contributed by atoms with Gasteiger partial charge in [0, 0.05) is 25.9 Å². The lowest BCUT2D eigenvalue weighted by Crippen LogP contribution is -2.08. The quantitative estimate of drug-likeness (QED) is 0.637. The SMILES string of the molecule is CC=C(C=NC)c1cc(C(=O)OC)c(C)c(-c2c(C)cnn2C)c1. The fourth-order valence-electron chi connectivity index (χ4n) is 2.84. The van der Waals surface area contributed by atoms with Crippen molar-refractivity contribution in [2.75, 3.05) is 14.2 Å². The van der Waals surface area contributed by atoms with E-state index in [0.717, 1.165) is 33.5 Å². The Labute approximate surface area is 142 Å². The Kier molecular flexibility index (Phi) is 5.34. The van der Waals surface area contributed by atoms with Crippen LogP contribution in [-0.2, 0) is 11.8 Å². The van der Waals surface area contributed by atoms with Crippen LogP contribution in [0.5, 0.6) is 0 Å². The highest BCUT2D eigenvalue weighted by Crippen LogP contribution is 2.32. The van der Waals surface area contributed by atoms with E-state index in [9.17, 15) is 4.79 Å². The van der Waals surface area contributed by atoms with Gasteiger partial charge >= 0.3 is 5.97 Å². The predicted octanol–water partition coefficient (Wildman–Crippen LogP) is 3.59. The smallest absolute Gasteiger partial charge is 0.338 e. The largest absolute Gasteiger partial charge is 0.465 e. The standard InChI is InChI=1S/C19H23N3O2/c1-7-14(11-20-4)15-8-16(18-12(2)10-21-22(18)5)13(3)17(9-15)19(23)24-6/h7-11H,1-6H3. The van der Waals surface area contributed by atoms with Gasteiger partial charge in [0.1, 0.15) is 0 Å².